The van der Waals surface area contributed by atoms with E-state index in [1.54, 1.807) is 18.7 Å². The van der Waals surface area contributed by atoms with Crippen molar-refractivity contribution in [1.29, 1.82) is 0 Å². The van der Waals surface area contributed by atoms with Crippen molar-refractivity contribution in [2.75, 3.05) is 5.32 Å². The summed E-state index contributed by atoms with van der Waals surface area (Å²) in [5.74, 6) is 0.831. The van der Waals surface area contributed by atoms with Gasteiger partial charge in [0.15, 0.2) is 0 Å². The van der Waals surface area contributed by atoms with Crippen LogP contribution in [0.4, 0.5) is 5.82 Å². The SMILES string of the molecule is CC(Nc1nccc2occc12)c1cccnc1. The standard InChI is InChI=1S/C14H13N3O/c1-10(11-3-2-6-15-9-11)17-14-12-5-8-18-13(12)4-7-16-14/h2-10H,1H3,(H,16,17). The molecule has 0 fully saturated rings. The summed E-state index contributed by atoms with van der Waals surface area (Å²) in [6.07, 6.45) is 7.04. The van der Waals surface area contributed by atoms with Gasteiger partial charge in [0.1, 0.15) is 11.4 Å². The zero-order valence-corrected chi connectivity index (χ0v) is 10.00. The average Bonchev–Trinajstić information content (AvgIpc) is 2.89. The first kappa shape index (κ1) is 10.8. The molecule has 3 heterocycles. The first-order chi connectivity index (χ1) is 8.84. The second-order valence-electron chi connectivity index (χ2n) is 4.14. The fourth-order valence-electron chi connectivity index (χ4n) is 1.93. The summed E-state index contributed by atoms with van der Waals surface area (Å²) in [7, 11) is 0. The molecule has 18 heavy (non-hydrogen) atoms. The first-order valence-electron chi connectivity index (χ1n) is 5.83. The fourth-order valence-corrected chi connectivity index (χ4v) is 1.93. The maximum atomic E-state index is 5.35. The van der Waals surface area contributed by atoms with Gasteiger partial charge in [-0.05, 0) is 30.7 Å². The number of nitrogens with zero attached hydrogens (tertiary/aromatic N) is 2. The third-order valence-corrected chi connectivity index (χ3v) is 2.92. The van der Waals surface area contributed by atoms with Gasteiger partial charge in [0, 0.05) is 18.6 Å². The Labute approximate surface area is 105 Å². The minimum atomic E-state index is 0.145. The monoisotopic (exact) mass is 239 g/mol. The molecule has 0 saturated carbocycles. The van der Waals surface area contributed by atoms with E-state index in [9.17, 15) is 0 Å². The van der Waals surface area contributed by atoms with Crippen LogP contribution in [0.5, 0.6) is 0 Å². The molecule has 0 aliphatic carbocycles. The summed E-state index contributed by atoms with van der Waals surface area (Å²) in [5.41, 5.74) is 1.96. The van der Waals surface area contributed by atoms with Crippen molar-refractivity contribution in [1.82, 2.24) is 9.97 Å². The molecule has 1 N–H and O–H groups in total. The number of hydrogen-bond donors (Lipinski definition) is 1. The van der Waals surface area contributed by atoms with Gasteiger partial charge in [-0.15, -0.1) is 0 Å². The normalized spacial score (nSPS) is 12.5. The third-order valence-electron chi connectivity index (χ3n) is 2.92. The molecule has 0 bridgehead atoms. The van der Waals surface area contributed by atoms with E-state index in [1.807, 2.05) is 30.5 Å². The number of rotatable bonds is 3. The topological polar surface area (TPSA) is 51.0 Å². The van der Waals surface area contributed by atoms with Gasteiger partial charge in [-0.3, -0.25) is 4.98 Å². The van der Waals surface area contributed by atoms with Crippen LogP contribution in [-0.2, 0) is 0 Å². The highest BCUT2D eigenvalue weighted by Gasteiger charge is 2.09. The minimum absolute atomic E-state index is 0.145. The van der Waals surface area contributed by atoms with Crippen LogP contribution >= 0.6 is 0 Å². The molecule has 0 radical (unpaired) electrons. The Morgan fingerprint density at radius 1 is 1.22 bits per heavy atom. The van der Waals surface area contributed by atoms with Gasteiger partial charge in [0.05, 0.1) is 17.7 Å². The van der Waals surface area contributed by atoms with Crippen molar-refractivity contribution in [3.05, 3.63) is 54.7 Å². The van der Waals surface area contributed by atoms with E-state index in [-0.39, 0.29) is 6.04 Å². The second-order valence-corrected chi connectivity index (χ2v) is 4.14. The molecule has 3 rings (SSSR count). The van der Waals surface area contributed by atoms with Crippen molar-refractivity contribution in [3.8, 4) is 0 Å². The van der Waals surface area contributed by atoms with Gasteiger partial charge in [-0.2, -0.15) is 0 Å². The zero-order chi connectivity index (χ0) is 12.4. The molecule has 90 valence electrons. The van der Waals surface area contributed by atoms with E-state index in [0.29, 0.717) is 0 Å². The van der Waals surface area contributed by atoms with Gasteiger partial charge in [0.25, 0.3) is 0 Å². The van der Waals surface area contributed by atoms with Gasteiger partial charge < -0.3 is 9.73 Å². The van der Waals surface area contributed by atoms with E-state index >= 15 is 0 Å². The highest BCUT2D eigenvalue weighted by Crippen LogP contribution is 2.25. The van der Waals surface area contributed by atoms with Crippen LogP contribution in [0.3, 0.4) is 0 Å². The highest BCUT2D eigenvalue weighted by molar-refractivity contribution is 5.87. The number of aromatic nitrogens is 2. The van der Waals surface area contributed by atoms with Crippen molar-refractivity contribution in [3.63, 3.8) is 0 Å². The molecule has 0 spiro atoms. The smallest absolute Gasteiger partial charge is 0.139 e. The Hall–Kier alpha value is -2.36. The van der Waals surface area contributed by atoms with E-state index < -0.39 is 0 Å². The molecule has 3 aromatic rings. The summed E-state index contributed by atoms with van der Waals surface area (Å²) in [5, 5.41) is 4.37. The summed E-state index contributed by atoms with van der Waals surface area (Å²) < 4.78 is 5.35. The quantitative estimate of drug-likeness (QED) is 0.761. The number of pyridine rings is 2. The fraction of sp³-hybridized carbons (Fsp3) is 0.143. The molecule has 0 aliphatic rings. The van der Waals surface area contributed by atoms with Crippen molar-refractivity contribution in [2.24, 2.45) is 0 Å². The van der Waals surface area contributed by atoms with Crippen LogP contribution < -0.4 is 5.32 Å². The maximum absolute atomic E-state index is 5.35. The number of nitrogens with one attached hydrogen (secondary N) is 1. The maximum Gasteiger partial charge on any atom is 0.139 e. The van der Waals surface area contributed by atoms with Gasteiger partial charge >= 0.3 is 0 Å². The Bertz CT molecular complexity index is 648. The summed E-state index contributed by atoms with van der Waals surface area (Å²) in [6, 6.07) is 7.89. The molecular formula is C14H13N3O. The highest BCUT2D eigenvalue weighted by atomic mass is 16.3. The van der Waals surface area contributed by atoms with Crippen LogP contribution in [0, 0.1) is 0 Å². The third kappa shape index (κ3) is 1.93. The predicted molar refractivity (Wildman–Crippen MR) is 70.3 cm³/mol. The molecular weight excluding hydrogens is 226 g/mol. The largest absolute Gasteiger partial charge is 0.464 e. The Morgan fingerprint density at radius 3 is 3.00 bits per heavy atom. The molecule has 1 unspecified atom stereocenters. The lowest BCUT2D eigenvalue weighted by Crippen LogP contribution is -2.08. The second kappa shape index (κ2) is 4.49. The van der Waals surface area contributed by atoms with Crippen LogP contribution in [0.1, 0.15) is 18.5 Å². The van der Waals surface area contributed by atoms with Gasteiger partial charge in [-0.25, -0.2) is 4.98 Å². The van der Waals surface area contributed by atoms with Crippen LogP contribution in [-0.4, -0.2) is 9.97 Å². The van der Waals surface area contributed by atoms with E-state index in [4.69, 9.17) is 4.42 Å². The molecule has 0 aromatic carbocycles. The van der Waals surface area contributed by atoms with Gasteiger partial charge in [0.2, 0.25) is 0 Å². The Balaban J connectivity index is 1.91. The number of furan rings is 1. The molecule has 1 atom stereocenters. The Morgan fingerprint density at radius 2 is 2.17 bits per heavy atom. The Kier molecular flexibility index (Phi) is 2.68. The van der Waals surface area contributed by atoms with E-state index in [2.05, 4.69) is 22.2 Å². The molecule has 4 heteroatoms. The van der Waals surface area contributed by atoms with E-state index in [0.717, 1.165) is 22.4 Å². The average molecular weight is 239 g/mol. The summed E-state index contributed by atoms with van der Waals surface area (Å²) in [6.45, 7) is 2.08. The lowest BCUT2D eigenvalue weighted by molar-refractivity contribution is 0.615. The molecule has 0 aliphatic heterocycles. The van der Waals surface area contributed by atoms with Gasteiger partial charge in [-0.1, -0.05) is 6.07 Å². The number of hydrogen-bond acceptors (Lipinski definition) is 4. The summed E-state index contributed by atoms with van der Waals surface area (Å²) >= 11 is 0. The molecule has 3 aromatic heterocycles. The van der Waals surface area contributed by atoms with Crippen molar-refractivity contribution in [2.45, 2.75) is 13.0 Å². The molecule has 4 nitrogen and oxygen atoms in total. The van der Waals surface area contributed by atoms with E-state index in [1.165, 1.54) is 0 Å². The van der Waals surface area contributed by atoms with Crippen LogP contribution in [0.25, 0.3) is 11.0 Å². The molecule has 0 saturated heterocycles. The minimum Gasteiger partial charge on any atom is -0.464 e. The first-order valence-corrected chi connectivity index (χ1v) is 5.83. The molecule has 0 amide bonds. The summed E-state index contributed by atoms with van der Waals surface area (Å²) in [4.78, 5) is 8.47. The lowest BCUT2D eigenvalue weighted by Gasteiger charge is -2.14. The van der Waals surface area contributed by atoms with Crippen LogP contribution in [0.2, 0.25) is 0 Å². The lowest BCUT2D eigenvalue weighted by atomic mass is 10.1. The number of anilines is 1. The predicted octanol–water partition coefficient (Wildman–Crippen LogP) is 3.40. The van der Waals surface area contributed by atoms with Crippen LogP contribution in [0.15, 0.2) is 53.5 Å². The van der Waals surface area contributed by atoms with Crippen molar-refractivity contribution >= 4 is 16.8 Å². The zero-order valence-electron chi connectivity index (χ0n) is 10.00. The number of fused-ring (bicyclic) bond motifs is 1. The van der Waals surface area contributed by atoms with Crippen molar-refractivity contribution < 1.29 is 4.42 Å².